The third kappa shape index (κ3) is 3.00. The topological polar surface area (TPSA) is 67.6 Å². The zero-order valence-electron chi connectivity index (χ0n) is 10.5. The molecule has 1 heterocycles. The average Bonchev–Trinajstić information content (AvgIpc) is 2.87. The Balaban J connectivity index is 1.86. The summed E-state index contributed by atoms with van der Waals surface area (Å²) in [6.45, 7) is 0.776. The van der Waals surface area contributed by atoms with Crippen LogP contribution in [-0.2, 0) is 9.53 Å². The van der Waals surface area contributed by atoms with Gasteiger partial charge in [0.1, 0.15) is 6.10 Å². The van der Waals surface area contributed by atoms with Gasteiger partial charge in [-0.3, -0.25) is 10.2 Å². The Hall–Kier alpha value is -1.59. The Morgan fingerprint density at radius 2 is 2.17 bits per heavy atom. The molecule has 0 spiro atoms. The number of carbonyl (C=O) groups excluding carboxylic acids is 1. The van der Waals surface area contributed by atoms with Crippen LogP contribution < -0.4 is 16.2 Å². The molecule has 0 saturated carbocycles. The number of nitrogens with two attached hydrogens (primary N) is 1. The fourth-order valence-electron chi connectivity index (χ4n) is 2.22. The molecule has 0 bridgehead atoms. The van der Waals surface area contributed by atoms with Gasteiger partial charge in [-0.1, -0.05) is 18.2 Å². The van der Waals surface area contributed by atoms with Gasteiger partial charge in [0.05, 0.1) is 6.10 Å². The third-order valence-electron chi connectivity index (χ3n) is 3.22. The first-order valence-corrected chi connectivity index (χ1v) is 6.13. The number of hydrogen-bond donors (Lipinski definition) is 2. The number of nitrogens with one attached hydrogen (secondary N) is 1. The molecular formula is C13H19N3O2. The maximum atomic E-state index is 11.3. The Labute approximate surface area is 107 Å². The van der Waals surface area contributed by atoms with Gasteiger partial charge in [0.2, 0.25) is 0 Å². The van der Waals surface area contributed by atoms with Gasteiger partial charge in [-0.15, -0.1) is 0 Å². The number of para-hydroxylation sites is 1. The highest BCUT2D eigenvalue weighted by atomic mass is 16.5. The van der Waals surface area contributed by atoms with E-state index in [1.54, 1.807) is 0 Å². The largest absolute Gasteiger partial charge is 0.372 e. The lowest BCUT2D eigenvalue weighted by Crippen LogP contribution is -2.40. The standard InChI is InChI=1S/C13H19N3O2/c1-16(10-5-3-2-4-6-10)9-11-7-8-12(18-11)13(17)15-14/h2-6,11-12H,7-9,14H2,1H3,(H,15,17). The van der Waals surface area contributed by atoms with Gasteiger partial charge in [-0.05, 0) is 25.0 Å². The van der Waals surface area contributed by atoms with Crippen molar-refractivity contribution in [3.05, 3.63) is 30.3 Å². The number of likely N-dealkylation sites (N-methyl/N-ethyl adjacent to an activating group) is 1. The van der Waals surface area contributed by atoms with E-state index in [9.17, 15) is 4.79 Å². The van der Waals surface area contributed by atoms with Crippen molar-refractivity contribution in [1.82, 2.24) is 5.43 Å². The van der Waals surface area contributed by atoms with E-state index in [4.69, 9.17) is 10.6 Å². The highest BCUT2D eigenvalue weighted by molar-refractivity contribution is 5.80. The second-order valence-electron chi connectivity index (χ2n) is 4.55. The zero-order valence-corrected chi connectivity index (χ0v) is 10.5. The summed E-state index contributed by atoms with van der Waals surface area (Å²) in [6, 6.07) is 10.1. The molecular weight excluding hydrogens is 230 g/mol. The summed E-state index contributed by atoms with van der Waals surface area (Å²) in [5.74, 6) is 4.86. The number of nitrogens with zero attached hydrogens (tertiary/aromatic N) is 1. The number of anilines is 1. The molecule has 1 saturated heterocycles. The van der Waals surface area contributed by atoms with E-state index in [1.807, 2.05) is 25.2 Å². The smallest absolute Gasteiger partial charge is 0.263 e. The Morgan fingerprint density at radius 1 is 1.44 bits per heavy atom. The van der Waals surface area contributed by atoms with Crippen LogP contribution in [0.25, 0.3) is 0 Å². The fourth-order valence-corrected chi connectivity index (χ4v) is 2.22. The third-order valence-corrected chi connectivity index (χ3v) is 3.22. The van der Waals surface area contributed by atoms with Gasteiger partial charge >= 0.3 is 0 Å². The lowest BCUT2D eigenvalue weighted by atomic mass is 10.2. The van der Waals surface area contributed by atoms with E-state index in [-0.39, 0.29) is 12.0 Å². The molecule has 5 heteroatoms. The Bertz CT molecular complexity index is 396. The quantitative estimate of drug-likeness (QED) is 0.467. The van der Waals surface area contributed by atoms with Crippen molar-refractivity contribution in [2.75, 3.05) is 18.5 Å². The molecule has 1 aromatic rings. The van der Waals surface area contributed by atoms with Crippen LogP contribution in [0.5, 0.6) is 0 Å². The highest BCUT2D eigenvalue weighted by Crippen LogP contribution is 2.22. The van der Waals surface area contributed by atoms with E-state index in [1.165, 1.54) is 0 Å². The van der Waals surface area contributed by atoms with Crippen molar-refractivity contribution >= 4 is 11.6 Å². The van der Waals surface area contributed by atoms with Gasteiger partial charge in [-0.2, -0.15) is 0 Å². The summed E-state index contributed by atoms with van der Waals surface area (Å²) in [5.41, 5.74) is 3.28. The molecule has 2 atom stereocenters. The molecule has 2 rings (SSSR count). The number of ether oxygens (including phenoxy) is 1. The molecule has 2 unspecified atom stereocenters. The van der Waals surface area contributed by atoms with E-state index in [0.29, 0.717) is 0 Å². The van der Waals surface area contributed by atoms with E-state index < -0.39 is 6.10 Å². The predicted octanol–water partition coefficient (Wildman–Crippen LogP) is 0.660. The van der Waals surface area contributed by atoms with Crippen molar-refractivity contribution in [2.24, 2.45) is 5.84 Å². The van der Waals surface area contributed by atoms with Crippen LogP contribution in [0.3, 0.4) is 0 Å². The van der Waals surface area contributed by atoms with Crippen LogP contribution in [0.15, 0.2) is 30.3 Å². The number of carbonyl (C=O) groups is 1. The van der Waals surface area contributed by atoms with Crippen LogP contribution in [0, 0.1) is 0 Å². The monoisotopic (exact) mass is 249 g/mol. The minimum absolute atomic E-state index is 0.0810. The SMILES string of the molecule is CN(CC1CCC(C(=O)NN)O1)c1ccccc1. The second-order valence-corrected chi connectivity index (χ2v) is 4.55. The number of hydrogen-bond acceptors (Lipinski definition) is 4. The second kappa shape index (κ2) is 5.84. The zero-order chi connectivity index (χ0) is 13.0. The highest BCUT2D eigenvalue weighted by Gasteiger charge is 2.30. The number of rotatable bonds is 4. The van der Waals surface area contributed by atoms with Crippen LogP contribution in [-0.4, -0.2) is 31.7 Å². The number of amides is 1. The van der Waals surface area contributed by atoms with Crippen LogP contribution in [0.4, 0.5) is 5.69 Å². The van der Waals surface area contributed by atoms with E-state index in [0.717, 1.165) is 25.1 Å². The predicted molar refractivity (Wildman–Crippen MR) is 69.9 cm³/mol. The summed E-state index contributed by atoms with van der Waals surface area (Å²) in [7, 11) is 2.02. The molecule has 18 heavy (non-hydrogen) atoms. The fraction of sp³-hybridized carbons (Fsp3) is 0.462. The van der Waals surface area contributed by atoms with Crippen molar-refractivity contribution in [3.8, 4) is 0 Å². The maximum Gasteiger partial charge on any atom is 0.263 e. The van der Waals surface area contributed by atoms with Crippen molar-refractivity contribution in [3.63, 3.8) is 0 Å². The van der Waals surface area contributed by atoms with Gasteiger partial charge in [0, 0.05) is 19.3 Å². The maximum absolute atomic E-state index is 11.3. The number of benzene rings is 1. The van der Waals surface area contributed by atoms with E-state index >= 15 is 0 Å². The molecule has 1 amide bonds. The van der Waals surface area contributed by atoms with Gasteiger partial charge < -0.3 is 9.64 Å². The lowest BCUT2D eigenvalue weighted by Gasteiger charge is -2.23. The molecule has 1 fully saturated rings. The molecule has 0 aliphatic carbocycles. The molecule has 1 aliphatic rings. The van der Waals surface area contributed by atoms with E-state index in [2.05, 4.69) is 22.5 Å². The summed E-state index contributed by atoms with van der Waals surface area (Å²) in [5, 5.41) is 0. The Morgan fingerprint density at radius 3 is 2.83 bits per heavy atom. The minimum Gasteiger partial charge on any atom is -0.372 e. The first-order valence-electron chi connectivity index (χ1n) is 6.13. The van der Waals surface area contributed by atoms with Gasteiger partial charge in [0.15, 0.2) is 0 Å². The van der Waals surface area contributed by atoms with Crippen molar-refractivity contribution in [1.29, 1.82) is 0 Å². The van der Waals surface area contributed by atoms with Gasteiger partial charge in [-0.25, -0.2) is 5.84 Å². The molecule has 1 aromatic carbocycles. The first-order chi connectivity index (χ1) is 8.70. The molecule has 5 nitrogen and oxygen atoms in total. The molecule has 98 valence electrons. The minimum atomic E-state index is -0.399. The summed E-state index contributed by atoms with van der Waals surface area (Å²) in [6.07, 6.45) is 1.30. The molecule has 1 aliphatic heterocycles. The lowest BCUT2D eigenvalue weighted by molar-refractivity contribution is -0.131. The Kier molecular flexibility index (Phi) is 4.17. The first kappa shape index (κ1) is 12.9. The van der Waals surface area contributed by atoms with Gasteiger partial charge in [0.25, 0.3) is 5.91 Å². The van der Waals surface area contributed by atoms with Crippen LogP contribution >= 0.6 is 0 Å². The number of hydrazine groups is 1. The van der Waals surface area contributed by atoms with Crippen molar-refractivity contribution < 1.29 is 9.53 Å². The summed E-state index contributed by atoms with van der Waals surface area (Å²) in [4.78, 5) is 13.5. The summed E-state index contributed by atoms with van der Waals surface area (Å²) < 4.78 is 5.67. The summed E-state index contributed by atoms with van der Waals surface area (Å²) >= 11 is 0. The normalized spacial score (nSPS) is 22.8. The van der Waals surface area contributed by atoms with Crippen LogP contribution in [0.2, 0.25) is 0 Å². The van der Waals surface area contributed by atoms with Crippen molar-refractivity contribution in [2.45, 2.75) is 25.0 Å². The average molecular weight is 249 g/mol. The molecule has 0 radical (unpaired) electrons. The molecule has 3 N–H and O–H groups in total. The van der Waals surface area contributed by atoms with Crippen LogP contribution in [0.1, 0.15) is 12.8 Å². The molecule has 0 aromatic heterocycles.